The van der Waals surface area contributed by atoms with Gasteiger partial charge in [-0.05, 0) is 28.0 Å². The maximum Gasteiger partial charge on any atom is 0.0563 e. The van der Waals surface area contributed by atoms with Crippen molar-refractivity contribution in [3.05, 3.63) is 72.4 Å². The molecule has 0 bridgehead atoms. The highest BCUT2D eigenvalue weighted by Crippen LogP contribution is 2.36. The fraction of sp³-hybridized carbons (Fsp3) is 0.217. The molecule has 0 amide bonds. The zero-order chi connectivity index (χ0) is 16.9. The van der Waals surface area contributed by atoms with Gasteiger partial charge in [0.25, 0.3) is 0 Å². The average Bonchev–Trinajstić information content (AvgIpc) is 2.92. The Kier molecular flexibility index (Phi) is 3.28. The topological polar surface area (TPSA) is 4.93 Å². The van der Waals surface area contributed by atoms with E-state index in [2.05, 4.69) is 99.2 Å². The largest absolute Gasteiger partial charge is 0.349 e. The fourth-order valence-electron chi connectivity index (χ4n) is 3.54. The van der Waals surface area contributed by atoms with Crippen LogP contribution >= 0.6 is 0 Å². The van der Waals surface area contributed by atoms with E-state index in [9.17, 15) is 0 Å². The van der Waals surface area contributed by atoms with Gasteiger partial charge in [0.05, 0.1) is 5.52 Å². The summed E-state index contributed by atoms with van der Waals surface area (Å²) in [6, 6.07) is 22.0. The van der Waals surface area contributed by atoms with Gasteiger partial charge in [-0.25, -0.2) is 0 Å². The highest BCUT2D eigenvalue weighted by atomic mass is 14.9. The van der Waals surface area contributed by atoms with Crippen LogP contribution in [0, 0.1) is 0 Å². The lowest BCUT2D eigenvalue weighted by Crippen LogP contribution is -2.10. The summed E-state index contributed by atoms with van der Waals surface area (Å²) >= 11 is 0. The standard InChI is InChI=1S/C23H23N/c1-23(2,3)18-12-10-17-11-13-19-21(16-8-6-5-7-9-16)15-24(4)22(19)20(17)14-18/h5-15H,1-4H3. The predicted octanol–water partition coefficient (Wildman–Crippen LogP) is 6.30. The van der Waals surface area contributed by atoms with E-state index in [1.165, 1.54) is 38.4 Å². The highest BCUT2D eigenvalue weighted by molar-refractivity contribution is 6.11. The van der Waals surface area contributed by atoms with E-state index in [1.807, 2.05) is 0 Å². The maximum absolute atomic E-state index is 2.37. The molecule has 0 unspecified atom stereocenters. The Morgan fingerprint density at radius 1 is 0.792 bits per heavy atom. The van der Waals surface area contributed by atoms with Crippen LogP contribution in [-0.4, -0.2) is 4.57 Å². The van der Waals surface area contributed by atoms with Gasteiger partial charge in [0, 0.05) is 29.6 Å². The number of aromatic nitrogens is 1. The minimum Gasteiger partial charge on any atom is -0.349 e. The molecule has 0 radical (unpaired) electrons. The summed E-state index contributed by atoms with van der Waals surface area (Å²) < 4.78 is 2.27. The SMILES string of the molecule is Cn1cc(-c2ccccc2)c2ccc3ccc(C(C)(C)C)cc3c21. The molecule has 4 aromatic rings. The van der Waals surface area contributed by atoms with Crippen LogP contribution in [0.4, 0.5) is 0 Å². The minimum atomic E-state index is 0.157. The molecule has 0 saturated carbocycles. The smallest absolute Gasteiger partial charge is 0.0563 e. The van der Waals surface area contributed by atoms with Crippen molar-refractivity contribution in [2.75, 3.05) is 0 Å². The zero-order valence-corrected chi connectivity index (χ0v) is 14.8. The van der Waals surface area contributed by atoms with Crippen molar-refractivity contribution < 1.29 is 0 Å². The quantitative estimate of drug-likeness (QED) is 0.389. The van der Waals surface area contributed by atoms with E-state index < -0.39 is 0 Å². The third-order valence-electron chi connectivity index (χ3n) is 4.91. The van der Waals surface area contributed by atoms with E-state index in [0.29, 0.717) is 0 Å². The number of hydrogen-bond acceptors (Lipinski definition) is 0. The van der Waals surface area contributed by atoms with Crippen LogP contribution in [0.15, 0.2) is 66.9 Å². The number of fused-ring (bicyclic) bond motifs is 3. The van der Waals surface area contributed by atoms with E-state index in [-0.39, 0.29) is 5.41 Å². The van der Waals surface area contributed by atoms with Gasteiger partial charge in [-0.3, -0.25) is 0 Å². The first kappa shape index (κ1) is 15.0. The number of nitrogens with zero attached hydrogens (tertiary/aromatic N) is 1. The third-order valence-corrected chi connectivity index (χ3v) is 4.91. The molecule has 0 fully saturated rings. The lowest BCUT2D eigenvalue weighted by atomic mass is 9.85. The molecule has 0 aliphatic heterocycles. The molecule has 4 rings (SSSR count). The molecule has 3 aromatic carbocycles. The number of benzene rings is 3. The summed E-state index contributed by atoms with van der Waals surface area (Å²) in [6.45, 7) is 6.82. The molecule has 24 heavy (non-hydrogen) atoms. The minimum absolute atomic E-state index is 0.157. The molecule has 1 heterocycles. The lowest BCUT2D eigenvalue weighted by Gasteiger charge is -2.19. The average molecular weight is 313 g/mol. The first-order chi connectivity index (χ1) is 11.4. The lowest BCUT2D eigenvalue weighted by molar-refractivity contribution is 0.591. The van der Waals surface area contributed by atoms with E-state index >= 15 is 0 Å². The molecule has 0 aliphatic rings. The molecular weight excluding hydrogens is 290 g/mol. The maximum atomic E-state index is 2.37. The molecule has 0 saturated heterocycles. The number of rotatable bonds is 1. The van der Waals surface area contributed by atoms with E-state index in [1.54, 1.807) is 0 Å². The molecule has 0 aliphatic carbocycles. The Morgan fingerprint density at radius 3 is 2.21 bits per heavy atom. The van der Waals surface area contributed by atoms with Crippen LogP contribution in [0.1, 0.15) is 26.3 Å². The summed E-state index contributed by atoms with van der Waals surface area (Å²) in [5.74, 6) is 0. The summed E-state index contributed by atoms with van der Waals surface area (Å²) in [6.07, 6.45) is 2.25. The van der Waals surface area contributed by atoms with Crippen molar-refractivity contribution in [2.45, 2.75) is 26.2 Å². The summed E-state index contributed by atoms with van der Waals surface area (Å²) in [4.78, 5) is 0. The Labute approximate surface area is 143 Å². The van der Waals surface area contributed by atoms with Crippen LogP contribution in [0.25, 0.3) is 32.8 Å². The van der Waals surface area contributed by atoms with Gasteiger partial charge in [-0.15, -0.1) is 0 Å². The van der Waals surface area contributed by atoms with Gasteiger partial charge in [0.1, 0.15) is 0 Å². The third kappa shape index (κ3) is 2.32. The van der Waals surface area contributed by atoms with Crippen molar-refractivity contribution in [2.24, 2.45) is 7.05 Å². The Bertz CT molecular complexity index is 1030. The number of hydrogen-bond donors (Lipinski definition) is 0. The normalized spacial score (nSPS) is 12.2. The van der Waals surface area contributed by atoms with E-state index in [0.717, 1.165) is 0 Å². The Morgan fingerprint density at radius 2 is 1.50 bits per heavy atom. The van der Waals surface area contributed by atoms with Crippen LogP contribution in [0.2, 0.25) is 0 Å². The van der Waals surface area contributed by atoms with Gasteiger partial charge in [-0.2, -0.15) is 0 Å². The molecule has 0 atom stereocenters. The van der Waals surface area contributed by atoms with Gasteiger partial charge < -0.3 is 4.57 Å². The molecule has 1 heteroatoms. The fourth-order valence-corrected chi connectivity index (χ4v) is 3.54. The van der Waals surface area contributed by atoms with Crippen molar-refractivity contribution >= 4 is 21.7 Å². The molecular formula is C23H23N. The molecule has 0 N–H and O–H groups in total. The second-order valence-corrected chi connectivity index (χ2v) is 7.67. The summed E-state index contributed by atoms with van der Waals surface area (Å²) in [5, 5.41) is 3.96. The van der Waals surface area contributed by atoms with Crippen LogP contribution < -0.4 is 0 Å². The van der Waals surface area contributed by atoms with Gasteiger partial charge >= 0.3 is 0 Å². The van der Waals surface area contributed by atoms with Crippen LogP contribution in [0.3, 0.4) is 0 Å². The van der Waals surface area contributed by atoms with Crippen molar-refractivity contribution in [3.63, 3.8) is 0 Å². The first-order valence-electron chi connectivity index (χ1n) is 8.53. The summed E-state index contributed by atoms with van der Waals surface area (Å²) in [7, 11) is 2.15. The predicted molar refractivity (Wildman–Crippen MR) is 105 cm³/mol. The van der Waals surface area contributed by atoms with Gasteiger partial charge in [0.2, 0.25) is 0 Å². The molecule has 120 valence electrons. The molecule has 1 aromatic heterocycles. The highest BCUT2D eigenvalue weighted by Gasteiger charge is 2.16. The molecule has 1 nitrogen and oxygen atoms in total. The van der Waals surface area contributed by atoms with Gasteiger partial charge in [0.15, 0.2) is 0 Å². The van der Waals surface area contributed by atoms with E-state index in [4.69, 9.17) is 0 Å². The van der Waals surface area contributed by atoms with Crippen molar-refractivity contribution in [1.29, 1.82) is 0 Å². The second-order valence-electron chi connectivity index (χ2n) is 7.67. The zero-order valence-electron chi connectivity index (χ0n) is 14.8. The van der Waals surface area contributed by atoms with Crippen molar-refractivity contribution in [1.82, 2.24) is 4.57 Å². The van der Waals surface area contributed by atoms with Crippen molar-refractivity contribution in [3.8, 4) is 11.1 Å². The summed E-state index contributed by atoms with van der Waals surface area (Å²) in [5.41, 5.74) is 5.43. The Balaban J connectivity index is 2.06. The van der Waals surface area contributed by atoms with Crippen LogP contribution in [0.5, 0.6) is 0 Å². The first-order valence-corrected chi connectivity index (χ1v) is 8.53. The van der Waals surface area contributed by atoms with Gasteiger partial charge in [-0.1, -0.05) is 75.4 Å². The monoisotopic (exact) mass is 313 g/mol. The molecule has 0 spiro atoms. The number of aryl methyl sites for hydroxylation is 1. The Hall–Kier alpha value is -2.54. The second kappa shape index (κ2) is 5.24. The van der Waals surface area contributed by atoms with Crippen LogP contribution in [-0.2, 0) is 12.5 Å².